The molecule has 0 radical (unpaired) electrons. The highest BCUT2D eigenvalue weighted by atomic mass is 19.1. The molecule has 2 rings (SSSR count). The Labute approximate surface area is 116 Å². The molecule has 2 amide bonds. The number of hydrogen-bond acceptors (Lipinski definition) is 2. The molecule has 20 heavy (non-hydrogen) atoms. The van der Waals surface area contributed by atoms with Gasteiger partial charge in [0.15, 0.2) is 0 Å². The van der Waals surface area contributed by atoms with Gasteiger partial charge in [0.05, 0.1) is 11.3 Å². The summed E-state index contributed by atoms with van der Waals surface area (Å²) < 4.78 is 13.7. The Balaban J connectivity index is 2.02. The van der Waals surface area contributed by atoms with Gasteiger partial charge in [0, 0.05) is 5.54 Å². The molecule has 1 aromatic carbocycles. The van der Waals surface area contributed by atoms with E-state index < -0.39 is 17.8 Å². The summed E-state index contributed by atoms with van der Waals surface area (Å²) in [4.78, 5) is 22.5. The van der Waals surface area contributed by atoms with Crippen LogP contribution in [0.15, 0.2) is 18.2 Å². The van der Waals surface area contributed by atoms with Crippen LogP contribution < -0.4 is 10.6 Å². The van der Waals surface area contributed by atoms with E-state index in [4.69, 9.17) is 5.11 Å². The molecule has 0 saturated heterocycles. The van der Waals surface area contributed by atoms with Gasteiger partial charge in [-0.05, 0) is 38.0 Å². The van der Waals surface area contributed by atoms with Crippen LogP contribution in [0.2, 0.25) is 0 Å². The Morgan fingerprint density at radius 3 is 2.50 bits per heavy atom. The molecule has 0 unspecified atom stereocenters. The van der Waals surface area contributed by atoms with Gasteiger partial charge in [-0.25, -0.2) is 14.0 Å². The number of carboxylic acids is 1. The number of hydrogen-bond donors (Lipinski definition) is 3. The molecule has 108 valence electrons. The van der Waals surface area contributed by atoms with Crippen molar-refractivity contribution in [3.05, 3.63) is 29.6 Å². The van der Waals surface area contributed by atoms with Crippen LogP contribution in [0.4, 0.5) is 14.9 Å². The Hall–Kier alpha value is -2.11. The number of benzene rings is 1. The zero-order valence-electron chi connectivity index (χ0n) is 11.2. The fourth-order valence-corrected chi connectivity index (χ4v) is 2.46. The van der Waals surface area contributed by atoms with Crippen LogP contribution in [0.1, 0.15) is 43.0 Å². The molecule has 0 heterocycles. The lowest BCUT2D eigenvalue weighted by Crippen LogP contribution is -2.45. The molecule has 3 N–H and O–H groups in total. The number of anilines is 1. The van der Waals surface area contributed by atoms with Crippen molar-refractivity contribution < 1.29 is 19.1 Å². The highest BCUT2D eigenvalue weighted by Gasteiger charge is 2.30. The number of halogens is 1. The number of aromatic carboxylic acids is 1. The van der Waals surface area contributed by atoms with Crippen LogP contribution in [0.5, 0.6) is 0 Å². The number of carbonyl (C=O) groups is 2. The van der Waals surface area contributed by atoms with Crippen LogP contribution in [0, 0.1) is 5.82 Å². The van der Waals surface area contributed by atoms with Crippen molar-refractivity contribution in [1.82, 2.24) is 5.32 Å². The quantitative estimate of drug-likeness (QED) is 0.796. The standard InChI is InChI=1S/C14H17FN2O3/c1-14(6-2-3-7-14)17-13(20)16-11-5-4-9(12(18)19)8-10(11)15/h4-5,8H,2-3,6-7H2,1H3,(H,18,19)(H2,16,17,20). The summed E-state index contributed by atoms with van der Waals surface area (Å²) in [5.41, 5.74) is -0.438. The van der Waals surface area contributed by atoms with Gasteiger partial charge in [-0.2, -0.15) is 0 Å². The van der Waals surface area contributed by atoms with E-state index >= 15 is 0 Å². The van der Waals surface area contributed by atoms with Crippen molar-refractivity contribution in [3.8, 4) is 0 Å². The third-order valence-corrected chi connectivity index (χ3v) is 3.59. The third kappa shape index (κ3) is 3.26. The molecule has 0 aromatic heterocycles. The van der Waals surface area contributed by atoms with Crippen molar-refractivity contribution in [2.45, 2.75) is 38.1 Å². The first kappa shape index (κ1) is 14.3. The van der Waals surface area contributed by atoms with Crippen molar-refractivity contribution in [2.75, 3.05) is 5.32 Å². The predicted molar refractivity (Wildman–Crippen MR) is 72.4 cm³/mol. The van der Waals surface area contributed by atoms with Crippen molar-refractivity contribution in [2.24, 2.45) is 0 Å². The lowest BCUT2D eigenvalue weighted by atomic mass is 10.0. The van der Waals surface area contributed by atoms with E-state index in [0.29, 0.717) is 0 Å². The number of amides is 2. The number of rotatable bonds is 3. The molecule has 1 aliphatic carbocycles. The lowest BCUT2D eigenvalue weighted by Gasteiger charge is -2.25. The smallest absolute Gasteiger partial charge is 0.335 e. The van der Waals surface area contributed by atoms with Gasteiger partial charge in [-0.1, -0.05) is 12.8 Å². The largest absolute Gasteiger partial charge is 0.478 e. The van der Waals surface area contributed by atoms with E-state index in [1.54, 1.807) is 0 Å². The minimum Gasteiger partial charge on any atom is -0.478 e. The van der Waals surface area contributed by atoms with Crippen molar-refractivity contribution >= 4 is 17.7 Å². The number of carboxylic acid groups (broad SMARTS) is 1. The topological polar surface area (TPSA) is 78.4 Å². The molecule has 0 spiro atoms. The average molecular weight is 280 g/mol. The fourth-order valence-electron chi connectivity index (χ4n) is 2.46. The van der Waals surface area contributed by atoms with Gasteiger partial charge >= 0.3 is 12.0 Å². The minimum atomic E-state index is -1.21. The second-order valence-corrected chi connectivity index (χ2v) is 5.35. The van der Waals surface area contributed by atoms with Gasteiger partial charge in [-0.15, -0.1) is 0 Å². The van der Waals surface area contributed by atoms with Gasteiger partial charge in [0.25, 0.3) is 0 Å². The first-order valence-electron chi connectivity index (χ1n) is 6.52. The molecule has 1 fully saturated rings. The number of nitrogens with one attached hydrogen (secondary N) is 2. The highest BCUT2D eigenvalue weighted by molar-refractivity contribution is 5.92. The highest BCUT2D eigenvalue weighted by Crippen LogP contribution is 2.29. The first-order valence-corrected chi connectivity index (χ1v) is 6.52. The SMILES string of the molecule is CC1(NC(=O)Nc2ccc(C(=O)O)cc2F)CCCC1. The zero-order chi connectivity index (χ0) is 14.8. The Morgan fingerprint density at radius 2 is 1.95 bits per heavy atom. The van der Waals surface area contributed by atoms with E-state index in [1.165, 1.54) is 12.1 Å². The van der Waals surface area contributed by atoms with Gasteiger partial charge in [0.1, 0.15) is 5.82 Å². The molecule has 0 bridgehead atoms. The van der Waals surface area contributed by atoms with Gasteiger partial charge < -0.3 is 15.7 Å². The Morgan fingerprint density at radius 1 is 1.30 bits per heavy atom. The average Bonchev–Trinajstić information content (AvgIpc) is 2.77. The van der Waals surface area contributed by atoms with Crippen LogP contribution in [0.25, 0.3) is 0 Å². The Kier molecular flexibility index (Phi) is 3.92. The predicted octanol–water partition coefficient (Wildman–Crippen LogP) is 2.98. The van der Waals surface area contributed by atoms with Crippen molar-refractivity contribution in [1.29, 1.82) is 0 Å². The summed E-state index contributed by atoms with van der Waals surface area (Å²) in [6, 6.07) is 2.90. The molecule has 0 aliphatic heterocycles. The molecule has 1 aliphatic rings. The fraction of sp³-hybridized carbons (Fsp3) is 0.429. The summed E-state index contributed by atoms with van der Waals surface area (Å²) in [7, 11) is 0. The van der Waals surface area contributed by atoms with E-state index in [2.05, 4.69) is 10.6 Å². The Bertz CT molecular complexity index is 539. The first-order chi connectivity index (χ1) is 9.39. The monoisotopic (exact) mass is 280 g/mol. The van der Waals surface area contributed by atoms with E-state index in [1.807, 2.05) is 6.92 Å². The molecule has 5 nitrogen and oxygen atoms in total. The minimum absolute atomic E-state index is 0.0332. The summed E-state index contributed by atoms with van der Waals surface area (Å²) in [6.45, 7) is 1.96. The van der Waals surface area contributed by atoms with Crippen LogP contribution in [-0.2, 0) is 0 Å². The third-order valence-electron chi connectivity index (χ3n) is 3.59. The van der Waals surface area contributed by atoms with E-state index in [9.17, 15) is 14.0 Å². The summed E-state index contributed by atoms with van der Waals surface area (Å²) in [6.07, 6.45) is 3.94. The maximum atomic E-state index is 13.7. The molecule has 6 heteroatoms. The maximum absolute atomic E-state index is 13.7. The molecule has 0 atom stereocenters. The molecule has 1 saturated carbocycles. The van der Waals surface area contributed by atoms with Gasteiger partial charge in [0.2, 0.25) is 0 Å². The maximum Gasteiger partial charge on any atom is 0.335 e. The van der Waals surface area contributed by atoms with Crippen LogP contribution in [-0.4, -0.2) is 22.6 Å². The molecule has 1 aromatic rings. The normalized spacial score (nSPS) is 16.7. The van der Waals surface area contributed by atoms with E-state index in [0.717, 1.165) is 31.7 Å². The number of urea groups is 1. The number of carbonyl (C=O) groups excluding carboxylic acids is 1. The second-order valence-electron chi connectivity index (χ2n) is 5.35. The van der Waals surface area contributed by atoms with E-state index in [-0.39, 0.29) is 16.8 Å². The zero-order valence-corrected chi connectivity index (χ0v) is 11.2. The second kappa shape index (κ2) is 5.48. The molecular formula is C14H17FN2O3. The summed E-state index contributed by atoms with van der Waals surface area (Å²) in [5, 5.41) is 14.0. The molecular weight excluding hydrogens is 263 g/mol. The van der Waals surface area contributed by atoms with Gasteiger partial charge in [-0.3, -0.25) is 0 Å². The van der Waals surface area contributed by atoms with Crippen molar-refractivity contribution in [3.63, 3.8) is 0 Å². The summed E-state index contributed by atoms with van der Waals surface area (Å²) in [5.74, 6) is -1.98. The van der Waals surface area contributed by atoms with Crippen LogP contribution in [0.3, 0.4) is 0 Å². The van der Waals surface area contributed by atoms with Crippen LogP contribution >= 0.6 is 0 Å². The summed E-state index contributed by atoms with van der Waals surface area (Å²) >= 11 is 0. The lowest BCUT2D eigenvalue weighted by molar-refractivity contribution is 0.0696.